The van der Waals surface area contributed by atoms with E-state index in [9.17, 15) is 4.79 Å². The molecule has 3 heteroatoms. The topological polar surface area (TPSA) is 37.3 Å². The Morgan fingerprint density at radius 1 is 1.62 bits per heavy atom. The summed E-state index contributed by atoms with van der Waals surface area (Å²) in [4.78, 5) is 13.6. The summed E-state index contributed by atoms with van der Waals surface area (Å²) in [5, 5.41) is 8.89. The fraction of sp³-hybridized carbons (Fsp3) is 0.615. The van der Waals surface area contributed by atoms with Crippen LogP contribution in [-0.4, -0.2) is 11.1 Å². The fourth-order valence-corrected chi connectivity index (χ4v) is 3.41. The van der Waals surface area contributed by atoms with Gasteiger partial charge in [0.1, 0.15) is 0 Å². The van der Waals surface area contributed by atoms with Gasteiger partial charge < -0.3 is 5.11 Å². The molecule has 0 aromatic carbocycles. The lowest BCUT2D eigenvalue weighted by Crippen LogP contribution is -2.02. The summed E-state index contributed by atoms with van der Waals surface area (Å²) in [6.45, 7) is 4.32. The second-order valence-electron chi connectivity index (χ2n) is 4.73. The van der Waals surface area contributed by atoms with Gasteiger partial charge in [-0.05, 0) is 50.2 Å². The van der Waals surface area contributed by atoms with Gasteiger partial charge in [-0.25, -0.2) is 0 Å². The molecule has 0 saturated heterocycles. The van der Waals surface area contributed by atoms with Crippen LogP contribution in [0, 0.1) is 18.8 Å². The van der Waals surface area contributed by atoms with Crippen LogP contribution in [0.1, 0.15) is 41.9 Å². The maximum atomic E-state index is 10.8. The van der Waals surface area contributed by atoms with Crippen LogP contribution in [0.4, 0.5) is 0 Å². The van der Waals surface area contributed by atoms with Gasteiger partial charge in [0.15, 0.2) is 0 Å². The lowest BCUT2D eigenvalue weighted by molar-refractivity contribution is -0.138. The molecule has 0 spiro atoms. The molecule has 2 rings (SSSR count). The van der Waals surface area contributed by atoms with Crippen LogP contribution in [0.5, 0.6) is 0 Å². The number of carbonyl (C=O) groups is 1. The molecule has 1 aliphatic carbocycles. The van der Waals surface area contributed by atoms with E-state index in [4.69, 9.17) is 5.11 Å². The first kappa shape index (κ1) is 11.6. The average molecular weight is 238 g/mol. The molecule has 1 N–H and O–H groups in total. The van der Waals surface area contributed by atoms with E-state index in [1.165, 1.54) is 9.75 Å². The molecule has 0 radical (unpaired) electrons. The number of rotatable bonds is 5. The van der Waals surface area contributed by atoms with Crippen molar-refractivity contribution in [2.45, 2.75) is 39.0 Å². The van der Waals surface area contributed by atoms with Crippen molar-refractivity contribution in [1.29, 1.82) is 0 Å². The van der Waals surface area contributed by atoms with E-state index in [2.05, 4.69) is 26.0 Å². The quantitative estimate of drug-likeness (QED) is 0.850. The fourth-order valence-electron chi connectivity index (χ4n) is 2.33. The van der Waals surface area contributed by atoms with Gasteiger partial charge in [0.25, 0.3) is 0 Å². The van der Waals surface area contributed by atoms with Gasteiger partial charge in [0.05, 0.1) is 5.92 Å². The Kier molecular flexibility index (Phi) is 3.33. The molecule has 1 aromatic heterocycles. The third kappa shape index (κ3) is 2.46. The molecular weight excluding hydrogens is 220 g/mol. The zero-order valence-electron chi connectivity index (χ0n) is 9.77. The zero-order chi connectivity index (χ0) is 11.7. The van der Waals surface area contributed by atoms with Gasteiger partial charge in [-0.1, -0.05) is 6.92 Å². The van der Waals surface area contributed by atoms with Gasteiger partial charge in [-0.2, -0.15) is 0 Å². The van der Waals surface area contributed by atoms with E-state index >= 15 is 0 Å². The number of hydrogen-bond acceptors (Lipinski definition) is 2. The number of hydrogen-bond donors (Lipinski definition) is 1. The second kappa shape index (κ2) is 4.58. The van der Waals surface area contributed by atoms with E-state index in [1.54, 1.807) is 0 Å². The Balaban J connectivity index is 1.95. The monoisotopic (exact) mass is 238 g/mol. The van der Waals surface area contributed by atoms with Crippen LogP contribution < -0.4 is 0 Å². The van der Waals surface area contributed by atoms with Gasteiger partial charge in [-0.15, -0.1) is 11.3 Å². The molecule has 1 aliphatic rings. The van der Waals surface area contributed by atoms with Crippen molar-refractivity contribution in [2.24, 2.45) is 11.8 Å². The summed E-state index contributed by atoms with van der Waals surface area (Å²) in [6.07, 6.45) is 3.05. The molecule has 3 unspecified atom stereocenters. The lowest BCUT2D eigenvalue weighted by Gasteiger charge is -2.12. The summed E-state index contributed by atoms with van der Waals surface area (Å²) in [5.41, 5.74) is 0. The molecule has 16 heavy (non-hydrogen) atoms. The Labute approximate surface area is 100 Å². The average Bonchev–Trinajstić information content (AvgIpc) is 2.90. The largest absolute Gasteiger partial charge is 0.481 e. The Hall–Kier alpha value is -0.830. The van der Waals surface area contributed by atoms with Crippen LogP contribution in [0.3, 0.4) is 0 Å². The molecular formula is C13H18O2S. The standard InChI is InChI=1S/C13H18O2S/c1-3-9(12-5-4-8(2)16-12)6-10-7-11(10)13(14)15/h4-5,9-11H,3,6-7H2,1-2H3,(H,14,15). The third-order valence-electron chi connectivity index (χ3n) is 3.48. The molecule has 1 heterocycles. The highest BCUT2D eigenvalue weighted by atomic mass is 32.1. The molecule has 88 valence electrons. The van der Waals surface area contributed by atoms with E-state index in [0.29, 0.717) is 11.8 Å². The predicted molar refractivity (Wildman–Crippen MR) is 65.9 cm³/mol. The smallest absolute Gasteiger partial charge is 0.306 e. The van der Waals surface area contributed by atoms with Gasteiger partial charge in [-0.3, -0.25) is 4.79 Å². The van der Waals surface area contributed by atoms with Crippen LogP contribution in [-0.2, 0) is 4.79 Å². The SMILES string of the molecule is CCC(CC1CC1C(=O)O)c1ccc(C)s1. The molecule has 0 amide bonds. The normalized spacial score (nSPS) is 25.4. The number of aliphatic carboxylic acids is 1. The molecule has 0 aliphatic heterocycles. The molecule has 2 nitrogen and oxygen atoms in total. The van der Waals surface area contributed by atoms with Crippen molar-refractivity contribution in [1.82, 2.24) is 0 Å². The Bertz CT molecular complexity index is 383. The van der Waals surface area contributed by atoms with E-state index in [-0.39, 0.29) is 5.92 Å². The van der Waals surface area contributed by atoms with Crippen molar-refractivity contribution in [3.63, 3.8) is 0 Å². The summed E-state index contributed by atoms with van der Waals surface area (Å²) < 4.78 is 0. The Morgan fingerprint density at radius 2 is 2.38 bits per heavy atom. The minimum absolute atomic E-state index is 0.0601. The van der Waals surface area contributed by atoms with Crippen molar-refractivity contribution >= 4 is 17.3 Å². The summed E-state index contributed by atoms with van der Waals surface area (Å²) in [7, 11) is 0. The van der Waals surface area contributed by atoms with E-state index in [1.807, 2.05) is 11.3 Å². The third-order valence-corrected chi connectivity index (χ3v) is 4.65. The van der Waals surface area contributed by atoms with Crippen molar-refractivity contribution in [3.8, 4) is 0 Å². The first-order valence-electron chi connectivity index (χ1n) is 5.91. The second-order valence-corrected chi connectivity index (χ2v) is 6.05. The van der Waals surface area contributed by atoms with Crippen LogP contribution in [0.15, 0.2) is 12.1 Å². The minimum atomic E-state index is -0.609. The maximum absolute atomic E-state index is 10.8. The van der Waals surface area contributed by atoms with Gasteiger partial charge >= 0.3 is 5.97 Å². The van der Waals surface area contributed by atoms with Crippen molar-refractivity contribution < 1.29 is 9.90 Å². The maximum Gasteiger partial charge on any atom is 0.306 e. The van der Waals surface area contributed by atoms with Crippen LogP contribution in [0.2, 0.25) is 0 Å². The van der Waals surface area contributed by atoms with Crippen molar-refractivity contribution in [3.05, 3.63) is 21.9 Å². The van der Waals surface area contributed by atoms with Crippen LogP contribution >= 0.6 is 11.3 Å². The number of carboxylic acids is 1. The minimum Gasteiger partial charge on any atom is -0.481 e. The van der Waals surface area contributed by atoms with E-state index < -0.39 is 5.97 Å². The highest BCUT2D eigenvalue weighted by Crippen LogP contribution is 2.46. The predicted octanol–water partition coefficient (Wildman–Crippen LogP) is 3.66. The summed E-state index contributed by atoms with van der Waals surface area (Å²) >= 11 is 1.85. The number of thiophene rings is 1. The summed E-state index contributed by atoms with van der Waals surface area (Å²) in [6, 6.07) is 4.36. The highest BCUT2D eigenvalue weighted by Gasteiger charge is 2.43. The highest BCUT2D eigenvalue weighted by molar-refractivity contribution is 7.12. The summed E-state index contributed by atoms with van der Waals surface area (Å²) in [5.74, 6) is 0.315. The van der Waals surface area contributed by atoms with Gasteiger partial charge in [0.2, 0.25) is 0 Å². The number of carboxylic acid groups (broad SMARTS) is 1. The molecule has 1 fully saturated rings. The van der Waals surface area contributed by atoms with E-state index in [0.717, 1.165) is 19.3 Å². The lowest BCUT2D eigenvalue weighted by atomic mass is 9.97. The molecule has 1 aromatic rings. The molecule has 0 bridgehead atoms. The van der Waals surface area contributed by atoms with Gasteiger partial charge in [0, 0.05) is 9.75 Å². The number of aryl methyl sites for hydroxylation is 1. The Morgan fingerprint density at radius 3 is 2.81 bits per heavy atom. The zero-order valence-corrected chi connectivity index (χ0v) is 10.6. The first-order valence-corrected chi connectivity index (χ1v) is 6.72. The van der Waals surface area contributed by atoms with Crippen LogP contribution in [0.25, 0.3) is 0 Å². The molecule has 3 atom stereocenters. The first-order chi connectivity index (χ1) is 7.61. The molecule has 1 saturated carbocycles. The van der Waals surface area contributed by atoms with Crippen molar-refractivity contribution in [2.75, 3.05) is 0 Å².